The van der Waals surface area contributed by atoms with E-state index in [0.29, 0.717) is 26.4 Å². The predicted octanol–water partition coefficient (Wildman–Crippen LogP) is 4.63. The number of hydrogen-bond acceptors (Lipinski definition) is 5. The van der Waals surface area contributed by atoms with Crippen LogP contribution in [0.25, 0.3) is 0 Å². The summed E-state index contributed by atoms with van der Waals surface area (Å²) < 4.78 is 27.5. The number of nitrogens with one attached hydrogen (secondary N) is 1. The molecule has 1 fully saturated rings. The van der Waals surface area contributed by atoms with E-state index in [0.717, 1.165) is 16.7 Å². The van der Waals surface area contributed by atoms with Crippen LogP contribution in [0.15, 0.2) is 121 Å². The fourth-order valence-electron chi connectivity index (χ4n) is 4.96. The van der Waals surface area contributed by atoms with Gasteiger partial charge in [-0.2, -0.15) is 0 Å². The van der Waals surface area contributed by atoms with Gasteiger partial charge in [-0.1, -0.05) is 0 Å². The minimum atomic E-state index is -0.482. The van der Waals surface area contributed by atoms with Crippen LogP contribution in [0.5, 0.6) is 0 Å². The first kappa shape index (κ1) is 30.2. The van der Waals surface area contributed by atoms with Crippen LogP contribution in [-0.2, 0) is 43.6 Å². The molecule has 1 amide bonds. The SMILES string of the molecule is CC(=O)N[C@@H]1[C@@H](OCc2ccccc2)[C@H](OCc2ccccc2)[C@@H](COCc2ccccc2)O[C@@H]1[Se]c1ccccc1. The zero-order valence-electron chi connectivity index (χ0n) is 23.7. The Balaban J connectivity index is 1.44. The van der Waals surface area contributed by atoms with Gasteiger partial charge in [0.15, 0.2) is 0 Å². The number of carbonyl (C=O) groups is 1. The van der Waals surface area contributed by atoms with E-state index in [1.54, 1.807) is 0 Å². The van der Waals surface area contributed by atoms with Crippen LogP contribution in [0.4, 0.5) is 0 Å². The molecule has 0 aliphatic carbocycles. The molecule has 0 unspecified atom stereocenters. The molecule has 1 N–H and O–H groups in total. The van der Waals surface area contributed by atoms with Crippen molar-refractivity contribution in [3.63, 3.8) is 0 Å². The summed E-state index contributed by atoms with van der Waals surface area (Å²) in [5, 5.41) is 2.89. The van der Waals surface area contributed by atoms with Crippen LogP contribution in [0, 0.1) is 0 Å². The van der Waals surface area contributed by atoms with Gasteiger partial charge in [-0.15, -0.1) is 0 Å². The summed E-state index contributed by atoms with van der Waals surface area (Å²) in [5.74, 6) is -0.133. The molecule has 1 aliphatic heterocycles. The van der Waals surface area contributed by atoms with Crippen molar-refractivity contribution >= 4 is 25.3 Å². The van der Waals surface area contributed by atoms with Crippen LogP contribution in [0.2, 0.25) is 0 Å². The molecule has 5 atom stereocenters. The molecule has 42 heavy (non-hydrogen) atoms. The van der Waals surface area contributed by atoms with Crippen LogP contribution in [0.3, 0.4) is 0 Å². The van der Waals surface area contributed by atoms with Gasteiger partial charge >= 0.3 is 255 Å². The Labute approximate surface area is 254 Å². The van der Waals surface area contributed by atoms with Crippen molar-refractivity contribution in [2.24, 2.45) is 0 Å². The Hall–Kier alpha value is -3.29. The molecule has 1 aliphatic rings. The van der Waals surface area contributed by atoms with E-state index in [1.807, 2.05) is 109 Å². The second-order valence-corrected chi connectivity index (χ2v) is 12.7. The molecular weight excluding hydrogens is 593 g/mol. The second-order valence-electron chi connectivity index (χ2n) is 10.2. The van der Waals surface area contributed by atoms with Crippen molar-refractivity contribution < 1.29 is 23.7 Å². The second kappa shape index (κ2) is 15.8. The molecule has 0 bridgehead atoms. The maximum atomic E-state index is 12.5. The standard InChI is InChI=1S/C35H37NO5Se/c1-26(37)36-32-34(40-24-29-18-10-4-11-19-29)33(39-23-28-16-8-3-9-17-28)31(25-38-22-27-14-6-2-7-15-27)41-35(32)42-30-20-12-5-13-21-30/h2-21,31-35H,22-25H2,1H3,(H,36,37)/t31-,32-,33-,34-,35-/m1/s1. The number of rotatable bonds is 13. The molecule has 1 heterocycles. The van der Waals surface area contributed by atoms with E-state index in [-0.39, 0.29) is 25.9 Å². The molecule has 0 aromatic heterocycles. The van der Waals surface area contributed by atoms with Crippen molar-refractivity contribution in [2.45, 2.75) is 56.1 Å². The van der Waals surface area contributed by atoms with Crippen molar-refractivity contribution in [1.29, 1.82) is 0 Å². The molecule has 4 aromatic rings. The Morgan fingerprint density at radius 1 is 0.690 bits per heavy atom. The number of carbonyl (C=O) groups excluding carboxylic acids is 1. The molecule has 6 nitrogen and oxygen atoms in total. The quantitative estimate of drug-likeness (QED) is 0.218. The summed E-state index contributed by atoms with van der Waals surface area (Å²) in [4.78, 5) is 12.5. The van der Waals surface area contributed by atoms with E-state index >= 15 is 0 Å². The normalized spacial score (nSPS) is 22.0. The van der Waals surface area contributed by atoms with Gasteiger partial charge in [0.2, 0.25) is 0 Å². The third-order valence-corrected chi connectivity index (χ3v) is 9.45. The van der Waals surface area contributed by atoms with Gasteiger partial charge in [0.05, 0.1) is 0 Å². The molecule has 7 heteroatoms. The number of amides is 1. The Morgan fingerprint density at radius 2 is 1.17 bits per heavy atom. The van der Waals surface area contributed by atoms with Gasteiger partial charge in [-0.25, -0.2) is 0 Å². The third-order valence-electron chi connectivity index (χ3n) is 6.98. The summed E-state index contributed by atoms with van der Waals surface area (Å²) in [6, 6.07) is 40.1. The van der Waals surface area contributed by atoms with Crippen molar-refractivity contribution in [3.8, 4) is 0 Å². The summed E-state index contributed by atoms with van der Waals surface area (Å²) in [5.41, 5.74) is 3.19. The monoisotopic (exact) mass is 631 g/mol. The molecule has 5 rings (SSSR count). The summed E-state index contributed by atoms with van der Waals surface area (Å²) in [7, 11) is 0. The average Bonchev–Trinajstić information content (AvgIpc) is 3.02. The van der Waals surface area contributed by atoms with E-state index in [2.05, 4.69) is 17.4 Å². The first-order valence-corrected chi connectivity index (χ1v) is 16.1. The first-order valence-electron chi connectivity index (χ1n) is 14.2. The summed E-state index contributed by atoms with van der Waals surface area (Å²) >= 11 is -0.106. The van der Waals surface area contributed by atoms with Gasteiger partial charge in [-0.05, 0) is 0 Å². The van der Waals surface area contributed by atoms with Crippen LogP contribution in [0.1, 0.15) is 23.6 Å². The Bertz CT molecular complexity index is 1340. The maximum absolute atomic E-state index is 12.5. The zero-order chi connectivity index (χ0) is 29.0. The molecule has 0 saturated carbocycles. The predicted molar refractivity (Wildman–Crippen MR) is 164 cm³/mol. The fraction of sp³-hybridized carbons (Fsp3) is 0.286. The molecule has 1 saturated heterocycles. The third kappa shape index (κ3) is 8.85. The molecule has 4 aromatic carbocycles. The first-order chi connectivity index (χ1) is 20.7. The zero-order valence-corrected chi connectivity index (χ0v) is 25.4. The van der Waals surface area contributed by atoms with Gasteiger partial charge in [-0.3, -0.25) is 0 Å². The molecule has 0 spiro atoms. The van der Waals surface area contributed by atoms with Gasteiger partial charge in [0, 0.05) is 0 Å². The van der Waals surface area contributed by atoms with E-state index in [4.69, 9.17) is 18.9 Å². The fourth-order valence-corrected chi connectivity index (χ4v) is 7.37. The summed E-state index contributed by atoms with van der Waals surface area (Å²) in [6.45, 7) is 3.10. The van der Waals surface area contributed by atoms with Gasteiger partial charge in [0.25, 0.3) is 0 Å². The molecular formula is C35H37NO5Se. The number of benzene rings is 4. The Morgan fingerprint density at radius 3 is 1.69 bits per heavy atom. The van der Waals surface area contributed by atoms with E-state index in [1.165, 1.54) is 11.4 Å². The van der Waals surface area contributed by atoms with Crippen LogP contribution in [-0.4, -0.2) is 56.8 Å². The minimum absolute atomic E-state index is 0.106. The van der Waals surface area contributed by atoms with E-state index < -0.39 is 24.4 Å². The van der Waals surface area contributed by atoms with Gasteiger partial charge < -0.3 is 0 Å². The Kier molecular flexibility index (Phi) is 11.4. The van der Waals surface area contributed by atoms with Crippen molar-refractivity contribution in [3.05, 3.63) is 138 Å². The molecule has 218 valence electrons. The van der Waals surface area contributed by atoms with Crippen molar-refractivity contribution in [2.75, 3.05) is 6.61 Å². The van der Waals surface area contributed by atoms with Crippen LogP contribution < -0.4 is 9.78 Å². The van der Waals surface area contributed by atoms with Crippen molar-refractivity contribution in [1.82, 2.24) is 5.32 Å². The average molecular weight is 631 g/mol. The van der Waals surface area contributed by atoms with Crippen LogP contribution >= 0.6 is 0 Å². The summed E-state index contributed by atoms with van der Waals surface area (Å²) in [6.07, 6.45) is -1.35. The number of hydrogen-bond donors (Lipinski definition) is 1. The topological polar surface area (TPSA) is 66.0 Å². The molecule has 0 radical (unpaired) electrons. The number of ether oxygens (including phenoxy) is 4. The van der Waals surface area contributed by atoms with E-state index in [9.17, 15) is 4.79 Å². The van der Waals surface area contributed by atoms with Gasteiger partial charge in [0.1, 0.15) is 0 Å².